The Balaban J connectivity index is 1.68. The molecule has 0 aliphatic rings. The Morgan fingerprint density at radius 3 is 2.52 bits per heavy atom. The summed E-state index contributed by atoms with van der Waals surface area (Å²) in [6, 6.07) is 22.9. The van der Waals surface area contributed by atoms with Gasteiger partial charge in [-0.3, -0.25) is 4.79 Å². The van der Waals surface area contributed by atoms with E-state index in [1.54, 1.807) is 4.57 Å². The lowest BCUT2D eigenvalue weighted by molar-refractivity contribution is -0.137. The standard InChI is InChI=1S/C22H18N2O3/c1-15-5-4-6-18(13-15)27-17-11-9-16(10-12-17)22-23-19-7-2-3-8-20(19)24(22)14-21(25)26/h2-13H,14H2,1H3,(H,25,26). The van der Waals surface area contributed by atoms with E-state index >= 15 is 0 Å². The fraction of sp³-hybridized carbons (Fsp3) is 0.0909. The second-order valence-electron chi connectivity index (χ2n) is 6.35. The van der Waals surface area contributed by atoms with Gasteiger partial charge in [-0.2, -0.15) is 0 Å². The molecule has 0 amide bonds. The number of aliphatic carboxylic acids is 1. The third-order valence-corrected chi connectivity index (χ3v) is 4.29. The first-order valence-electron chi connectivity index (χ1n) is 8.62. The molecule has 27 heavy (non-hydrogen) atoms. The lowest BCUT2D eigenvalue weighted by Gasteiger charge is -2.09. The number of carboxylic acid groups (broad SMARTS) is 1. The van der Waals surface area contributed by atoms with Gasteiger partial charge in [-0.05, 0) is 61.0 Å². The lowest BCUT2D eigenvalue weighted by atomic mass is 10.2. The summed E-state index contributed by atoms with van der Waals surface area (Å²) in [4.78, 5) is 15.9. The quantitative estimate of drug-likeness (QED) is 0.552. The van der Waals surface area contributed by atoms with E-state index in [9.17, 15) is 9.90 Å². The van der Waals surface area contributed by atoms with Gasteiger partial charge >= 0.3 is 5.97 Å². The van der Waals surface area contributed by atoms with Crippen LogP contribution in [0.1, 0.15) is 5.56 Å². The molecule has 0 saturated heterocycles. The molecule has 0 atom stereocenters. The van der Waals surface area contributed by atoms with Crippen LogP contribution in [0.15, 0.2) is 72.8 Å². The molecule has 5 heteroatoms. The normalized spacial score (nSPS) is 10.9. The number of aryl methyl sites for hydroxylation is 1. The van der Waals surface area contributed by atoms with Crippen molar-refractivity contribution < 1.29 is 14.6 Å². The number of benzene rings is 3. The summed E-state index contributed by atoms with van der Waals surface area (Å²) >= 11 is 0. The molecule has 4 aromatic rings. The molecular weight excluding hydrogens is 340 g/mol. The van der Waals surface area contributed by atoms with Gasteiger partial charge < -0.3 is 14.4 Å². The zero-order valence-electron chi connectivity index (χ0n) is 14.8. The Morgan fingerprint density at radius 2 is 1.78 bits per heavy atom. The summed E-state index contributed by atoms with van der Waals surface area (Å²) in [5, 5.41) is 9.28. The molecule has 1 N–H and O–H groups in total. The highest BCUT2D eigenvalue weighted by Crippen LogP contribution is 2.28. The predicted octanol–water partition coefficient (Wildman–Crippen LogP) is 4.89. The number of aromatic nitrogens is 2. The number of fused-ring (bicyclic) bond motifs is 1. The highest BCUT2D eigenvalue weighted by molar-refractivity contribution is 5.82. The number of carboxylic acids is 1. The Labute approximate surface area is 156 Å². The number of ether oxygens (including phenoxy) is 1. The summed E-state index contributed by atoms with van der Waals surface area (Å²) in [5.74, 6) is 1.21. The number of hydrogen-bond donors (Lipinski definition) is 1. The van der Waals surface area contributed by atoms with E-state index in [2.05, 4.69) is 4.98 Å². The summed E-state index contributed by atoms with van der Waals surface area (Å²) in [7, 11) is 0. The molecule has 0 bridgehead atoms. The monoisotopic (exact) mass is 358 g/mol. The van der Waals surface area contributed by atoms with Crippen LogP contribution in [0, 0.1) is 6.92 Å². The van der Waals surface area contributed by atoms with Crippen molar-refractivity contribution in [3.05, 3.63) is 78.4 Å². The number of hydrogen-bond acceptors (Lipinski definition) is 3. The van der Waals surface area contributed by atoms with Gasteiger partial charge in [-0.25, -0.2) is 4.98 Å². The maximum Gasteiger partial charge on any atom is 0.323 e. The lowest BCUT2D eigenvalue weighted by Crippen LogP contribution is -2.09. The van der Waals surface area contributed by atoms with E-state index in [1.807, 2.05) is 79.7 Å². The molecule has 0 spiro atoms. The fourth-order valence-corrected chi connectivity index (χ4v) is 3.08. The molecule has 4 rings (SSSR count). The van der Waals surface area contributed by atoms with Crippen LogP contribution in [0.4, 0.5) is 0 Å². The Morgan fingerprint density at radius 1 is 1.00 bits per heavy atom. The summed E-state index contributed by atoms with van der Waals surface area (Å²) in [6.45, 7) is 1.88. The molecule has 0 unspecified atom stereocenters. The zero-order valence-corrected chi connectivity index (χ0v) is 14.8. The Kier molecular flexibility index (Phi) is 4.34. The average molecular weight is 358 g/mol. The minimum Gasteiger partial charge on any atom is -0.480 e. The van der Waals surface area contributed by atoms with Crippen LogP contribution in [0.5, 0.6) is 11.5 Å². The van der Waals surface area contributed by atoms with Gasteiger partial charge in [0.25, 0.3) is 0 Å². The van der Waals surface area contributed by atoms with E-state index in [-0.39, 0.29) is 6.54 Å². The molecule has 0 radical (unpaired) electrons. The summed E-state index contributed by atoms with van der Waals surface area (Å²) < 4.78 is 7.60. The molecule has 134 valence electrons. The van der Waals surface area contributed by atoms with E-state index in [4.69, 9.17) is 4.74 Å². The molecule has 5 nitrogen and oxygen atoms in total. The molecule has 0 fully saturated rings. The molecule has 3 aromatic carbocycles. The maximum atomic E-state index is 11.3. The first kappa shape index (κ1) is 16.8. The van der Waals surface area contributed by atoms with Crippen molar-refractivity contribution in [1.29, 1.82) is 0 Å². The average Bonchev–Trinajstić information content (AvgIpc) is 3.00. The predicted molar refractivity (Wildman–Crippen MR) is 104 cm³/mol. The number of carbonyl (C=O) groups is 1. The Hall–Kier alpha value is -3.60. The van der Waals surface area contributed by atoms with Crippen molar-refractivity contribution in [1.82, 2.24) is 9.55 Å². The SMILES string of the molecule is Cc1cccc(Oc2ccc(-c3nc4ccccc4n3CC(=O)O)cc2)c1. The van der Waals surface area contributed by atoms with Crippen LogP contribution in [0.3, 0.4) is 0 Å². The van der Waals surface area contributed by atoms with Crippen molar-refractivity contribution in [3.8, 4) is 22.9 Å². The van der Waals surface area contributed by atoms with Gasteiger partial charge in [-0.1, -0.05) is 24.3 Å². The van der Waals surface area contributed by atoms with Crippen LogP contribution in [-0.2, 0) is 11.3 Å². The number of rotatable bonds is 5. The minimum atomic E-state index is -0.904. The van der Waals surface area contributed by atoms with E-state index in [0.717, 1.165) is 27.9 Å². The summed E-state index contributed by atoms with van der Waals surface area (Å²) in [6.07, 6.45) is 0. The van der Waals surface area contributed by atoms with E-state index in [1.165, 1.54) is 0 Å². The minimum absolute atomic E-state index is 0.141. The smallest absolute Gasteiger partial charge is 0.323 e. The fourth-order valence-electron chi connectivity index (χ4n) is 3.08. The number of nitrogens with zero attached hydrogens (tertiary/aromatic N) is 2. The number of imidazole rings is 1. The second-order valence-corrected chi connectivity index (χ2v) is 6.35. The third kappa shape index (κ3) is 3.53. The molecule has 1 aromatic heterocycles. The van der Waals surface area contributed by atoms with Gasteiger partial charge in [-0.15, -0.1) is 0 Å². The molecule has 0 aliphatic heterocycles. The van der Waals surface area contributed by atoms with Crippen molar-refractivity contribution in [2.45, 2.75) is 13.5 Å². The van der Waals surface area contributed by atoms with Crippen LogP contribution in [0.25, 0.3) is 22.4 Å². The second kappa shape index (κ2) is 6.96. The molecule has 1 heterocycles. The third-order valence-electron chi connectivity index (χ3n) is 4.29. The Bertz CT molecular complexity index is 1110. The number of para-hydroxylation sites is 2. The van der Waals surface area contributed by atoms with Crippen molar-refractivity contribution in [3.63, 3.8) is 0 Å². The molecule has 0 saturated carbocycles. The van der Waals surface area contributed by atoms with Crippen molar-refractivity contribution >= 4 is 17.0 Å². The highest BCUT2D eigenvalue weighted by Gasteiger charge is 2.14. The van der Waals surface area contributed by atoms with Crippen LogP contribution < -0.4 is 4.74 Å². The molecule has 0 aliphatic carbocycles. The largest absolute Gasteiger partial charge is 0.480 e. The van der Waals surface area contributed by atoms with E-state index < -0.39 is 5.97 Å². The van der Waals surface area contributed by atoms with Gasteiger partial charge in [0.15, 0.2) is 0 Å². The topological polar surface area (TPSA) is 64.4 Å². The van der Waals surface area contributed by atoms with Crippen LogP contribution >= 0.6 is 0 Å². The highest BCUT2D eigenvalue weighted by atomic mass is 16.5. The van der Waals surface area contributed by atoms with Gasteiger partial charge in [0, 0.05) is 5.56 Å². The van der Waals surface area contributed by atoms with Gasteiger partial charge in [0.05, 0.1) is 11.0 Å². The van der Waals surface area contributed by atoms with Crippen LogP contribution in [0.2, 0.25) is 0 Å². The molecular formula is C22H18N2O3. The van der Waals surface area contributed by atoms with Crippen molar-refractivity contribution in [2.24, 2.45) is 0 Å². The summed E-state index contributed by atoms with van der Waals surface area (Å²) in [5.41, 5.74) is 3.54. The first-order valence-corrected chi connectivity index (χ1v) is 8.62. The first-order chi connectivity index (χ1) is 13.1. The maximum absolute atomic E-state index is 11.3. The van der Waals surface area contributed by atoms with Crippen LogP contribution in [-0.4, -0.2) is 20.6 Å². The van der Waals surface area contributed by atoms with Gasteiger partial charge in [0.1, 0.15) is 23.9 Å². The van der Waals surface area contributed by atoms with E-state index in [0.29, 0.717) is 11.6 Å². The van der Waals surface area contributed by atoms with Crippen molar-refractivity contribution in [2.75, 3.05) is 0 Å². The zero-order chi connectivity index (χ0) is 18.8. The van der Waals surface area contributed by atoms with Gasteiger partial charge in [0.2, 0.25) is 0 Å².